The van der Waals surface area contributed by atoms with Crippen LogP contribution in [0.4, 0.5) is 5.82 Å². The molecule has 1 fully saturated rings. The lowest BCUT2D eigenvalue weighted by Gasteiger charge is -2.25. The maximum Gasteiger partial charge on any atom is 0.277 e. The SMILES string of the molecule is Cn1nc(C(=O)Nc2ccc(S(=O)(=O)N3CCCCC3)cn2)c2ccccc21. The van der Waals surface area contributed by atoms with Crippen molar-refractivity contribution in [3.05, 3.63) is 48.3 Å². The third-order valence-electron chi connectivity index (χ3n) is 4.90. The van der Waals surface area contributed by atoms with E-state index in [2.05, 4.69) is 15.4 Å². The average molecular weight is 399 g/mol. The van der Waals surface area contributed by atoms with Gasteiger partial charge in [0.1, 0.15) is 10.7 Å². The van der Waals surface area contributed by atoms with Crippen LogP contribution in [0.1, 0.15) is 29.8 Å². The van der Waals surface area contributed by atoms with Gasteiger partial charge in [-0.25, -0.2) is 13.4 Å². The van der Waals surface area contributed by atoms with Gasteiger partial charge in [-0.2, -0.15) is 9.40 Å². The van der Waals surface area contributed by atoms with E-state index in [0.29, 0.717) is 18.8 Å². The second-order valence-electron chi connectivity index (χ2n) is 6.79. The van der Waals surface area contributed by atoms with Crippen molar-refractivity contribution in [2.24, 2.45) is 7.05 Å². The maximum absolute atomic E-state index is 12.7. The molecule has 4 rings (SSSR count). The van der Waals surface area contributed by atoms with Crippen LogP contribution in [0.5, 0.6) is 0 Å². The van der Waals surface area contributed by atoms with Gasteiger partial charge >= 0.3 is 0 Å². The molecule has 1 N–H and O–H groups in total. The maximum atomic E-state index is 12.7. The van der Waals surface area contributed by atoms with Gasteiger partial charge in [-0.3, -0.25) is 9.48 Å². The second kappa shape index (κ2) is 7.33. The molecule has 1 saturated heterocycles. The third kappa shape index (κ3) is 3.38. The fourth-order valence-corrected chi connectivity index (χ4v) is 4.88. The van der Waals surface area contributed by atoms with Crippen LogP contribution in [0.3, 0.4) is 0 Å². The Morgan fingerprint density at radius 1 is 1.07 bits per heavy atom. The van der Waals surface area contributed by atoms with Crippen molar-refractivity contribution in [3.63, 3.8) is 0 Å². The Morgan fingerprint density at radius 3 is 2.54 bits per heavy atom. The zero-order valence-electron chi connectivity index (χ0n) is 15.5. The molecule has 8 nitrogen and oxygen atoms in total. The summed E-state index contributed by atoms with van der Waals surface area (Å²) in [6, 6.07) is 10.4. The molecule has 0 bridgehead atoms. The molecule has 146 valence electrons. The minimum Gasteiger partial charge on any atom is -0.305 e. The average Bonchev–Trinajstić information content (AvgIpc) is 3.06. The quantitative estimate of drug-likeness (QED) is 0.727. The summed E-state index contributed by atoms with van der Waals surface area (Å²) < 4.78 is 28.5. The summed E-state index contributed by atoms with van der Waals surface area (Å²) in [6.45, 7) is 1.07. The van der Waals surface area contributed by atoms with Crippen molar-refractivity contribution in [3.8, 4) is 0 Å². The number of para-hydroxylation sites is 1. The van der Waals surface area contributed by atoms with Crippen LogP contribution in [0.2, 0.25) is 0 Å². The summed E-state index contributed by atoms with van der Waals surface area (Å²) in [5.41, 5.74) is 1.15. The molecule has 3 aromatic rings. The van der Waals surface area contributed by atoms with Crippen LogP contribution in [0, 0.1) is 0 Å². The molecule has 0 atom stereocenters. The third-order valence-corrected chi connectivity index (χ3v) is 6.79. The Labute approximate surface area is 163 Å². The van der Waals surface area contributed by atoms with Gasteiger partial charge < -0.3 is 5.32 Å². The molecule has 1 aliphatic heterocycles. The fourth-order valence-electron chi connectivity index (χ4n) is 3.42. The van der Waals surface area contributed by atoms with Crippen LogP contribution in [0.15, 0.2) is 47.5 Å². The van der Waals surface area contributed by atoms with Gasteiger partial charge in [0.05, 0.1) is 5.52 Å². The van der Waals surface area contributed by atoms with Crippen LogP contribution in [0.25, 0.3) is 10.9 Å². The molecule has 1 amide bonds. The highest BCUT2D eigenvalue weighted by molar-refractivity contribution is 7.89. The minimum absolute atomic E-state index is 0.135. The summed E-state index contributed by atoms with van der Waals surface area (Å²) in [6.07, 6.45) is 4.09. The highest BCUT2D eigenvalue weighted by atomic mass is 32.2. The Morgan fingerprint density at radius 2 is 1.82 bits per heavy atom. The number of piperidine rings is 1. The molecule has 28 heavy (non-hydrogen) atoms. The van der Waals surface area contributed by atoms with E-state index in [-0.39, 0.29) is 10.7 Å². The zero-order chi connectivity index (χ0) is 19.7. The van der Waals surface area contributed by atoms with Gasteiger partial charge in [0.2, 0.25) is 10.0 Å². The van der Waals surface area contributed by atoms with Crippen LogP contribution in [-0.4, -0.2) is 46.5 Å². The monoisotopic (exact) mass is 399 g/mol. The number of amides is 1. The number of sulfonamides is 1. The van der Waals surface area contributed by atoms with Crippen LogP contribution in [-0.2, 0) is 17.1 Å². The smallest absolute Gasteiger partial charge is 0.277 e. The van der Waals surface area contributed by atoms with E-state index in [1.165, 1.54) is 22.6 Å². The molecule has 0 saturated carbocycles. The standard InChI is InChI=1S/C19H21N5O3S/c1-23-16-8-4-3-7-15(16)18(22-23)19(25)21-17-10-9-14(13-20-17)28(26,27)24-11-5-2-6-12-24/h3-4,7-10,13H,2,5-6,11-12H2,1H3,(H,20,21,25). The van der Waals surface area contributed by atoms with Crippen molar-refractivity contribution in [2.75, 3.05) is 18.4 Å². The predicted molar refractivity (Wildman–Crippen MR) is 106 cm³/mol. The van der Waals surface area contributed by atoms with Crippen molar-refractivity contribution in [1.82, 2.24) is 19.1 Å². The number of anilines is 1. The Bertz CT molecular complexity index is 1120. The number of aromatic nitrogens is 3. The normalized spacial score (nSPS) is 15.6. The van der Waals surface area contributed by atoms with Gasteiger partial charge in [0.15, 0.2) is 5.69 Å². The summed E-state index contributed by atoms with van der Waals surface area (Å²) in [7, 11) is -1.77. The Kier molecular flexibility index (Phi) is 4.86. The van der Waals surface area contributed by atoms with E-state index in [1.807, 2.05) is 24.3 Å². The van der Waals surface area contributed by atoms with E-state index < -0.39 is 15.9 Å². The van der Waals surface area contributed by atoms with E-state index in [1.54, 1.807) is 11.7 Å². The number of nitrogens with one attached hydrogen (secondary N) is 1. The summed E-state index contributed by atoms with van der Waals surface area (Å²) in [5, 5.41) is 7.71. The number of aryl methyl sites for hydroxylation is 1. The van der Waals surface area contributed by atoms with E-state index >= 15 is 0 Å². The Balaban J connectivity index is 1.53. The number of pyridine rings is 1. The number of fused-ring (bicyclic) bond motifs is 1. The molecule has 3 heterocycles. The zero-order valence-corrected chi connectivity index (χ0v) is 16.3. The first kappa shape index (κ1) is 18.6. The van der Waals surface area contributed by atoms with Gasteiger partial charge in [0, 0.05) is 31.7 Å². The van der Waals surface area contributed by atoms with Crippen molar-refractivity contribution in [2.45, 2.75) is 24.2 Å². The number of carbonyl (C=O) groups excluding carboxylic acids is 1. The van der Waals surface area contributed by atoms with Gasteiger partial charge in [0.25, 0.3) is 5.91 Å². The van der Waals surface area contributed by atoms with Gasteiger partial charge in [-0.15, -0.1) is 0 Å². The lowest BCUT2D eigenvalue weighted by atomic mass is 10.2. The molecule has 0 radical (unpaired) electrons. The number of hydrogen-bond acceptors (Lipinski definition) is 5. The van der Waals surface area contributed by atoms with Crippen molar-refractivity contribution >= 4 is 32.7 Å². The molecule has 1 aliphatic rings. The fraction of sp³-hybridized carbons (Fsp3) is 0.316. The number of rotatable bonds is 4. The van der Waals surface area contributed by atoms with Crippen LogP contribution < -0.4 is 5.32 Å². The molecule has 0 spiro atoms. The van der Waals surface area contributed by atoms with Crippen molar-refractivity contribution in [1.29, 1.82) is 0 Å². The highest BCUT2D eigenvalue weighted by Crippen LogP contribution is 2.22. The molecule has 0 unspecified atom stereocenters. The van der Waals surface area contributed by atoms with Gasteiger partial charge in [-0.1, -0.05) is 24.6 Å². The molecule has 0 aliphatic carbocycles. The molecular weight excluding hydrogens is 378 g/mol. The van der Waals surface area contributed by atoms with E-state index in [4.69, 9.17) is 0 Å². The minimum atomic E-state index is -3.54. The summed E-state index contributed by atoms with van der Waals surface area (Å²) in [4.78, 5) is 16.9. The van der Waals surface area contributed by atoms with E-state index in [9.17, 15) is 13.2 Å². The molecule has 1 aromatic carbocycles. The Hall–Kier alpha value is -2.78. The van der Waals surface area contributed by atoms with Crippen molar-refractivity contribution < 1.29 is 13.2 Å². The number of nitrogens with zero attached hydrogens (tertiary/aromatic N) is 4. The number of benzene rings is 1. The largest absolute Gasteiger partial charge is 0.305 e. The lowest BCUT2D eigenvalue weighted by Crippen LogP contribution is -2.35. The summed E-state index contributed by atoms with van der Waals surface area (Å²) >= 11 is 0. The van der Waals surface area contributed by atoms with E-state index in [0.717, 1.165) is 30.2 Å². The topological polar surface area (TPSA) is 97.2 Å². The molecule has 2 aromatic heterocycles. The van der Waals surface area contributed by atoms with Crippen LogP contribution >= 0.6 is 0 Å². The van der Waals surface area contributed by atoms with Gasteiger partial charge in [-0.05, 0) is 31.0 Å². The lowest BCUT2D eigenvalue weighted by molar-refractivity contribution is 0.102. The first-order chi connectivity index (χ1) is 13.5. The number of carbonyl (C=O) groups is 1. The highest BCUT2D eigenvalue weighted by Gasteiger charge is 2.26. The number of hydrogen-bond donors (Lipinski definition) is 1. The summed E-state index contributed by atoms with van der Waals surface area (Å²) in [5.74, 6) is -0.117. The molecule has 9 heteroatoms. The second-order valence-corrected chi connectivity index (χ2v) is 8.73. The first-order valence-corrected chi connectivity index (χ1v) is 10.6. The molecular formula is C19H21N5O3S. The predicted octanol–water partition coefficient (Wildman–Crippen LogP) is 2.40. The first-order valence-electron chi connectivity index (χ1n) is 9.16.